The van der Waals surface area contributed by atoms with Crippen molar-refractivity contribution in [1.29, 1.82) is 0 Å². The van der Waals surface area contributed by atoms with E-state index in [-0.39, 0.29) is 6.04 Å². The van der Waals surface area contributed by atoms with Crippen LogP contribution in [0.5, 0.6) is 0 Å². The molecule has 0 radical (unpaired) electrons. The summed E-state index contributed by atoms with van der Waals surface area (Å²) in [5.41, 5.74) is 4.40. The third-order valence-electron chi connectivity index (χ3n) is 7.53. The molecule has 0 saturated carbocycles. The van der Waals surface area contributed by atoms with Crippen molar-refractivity contribution in [1.82, 2.24) is 29.9 Å². The second kappa shape index (κ2) is 10.9. The standard InChI is InChI=1S/C28H34ClN9O/c1-4-5-9-36(3)27-32-18(2)33-28(35-27)38-10-8-21-22-15-20(29)6-7-23(22)34-24(21)25(38)19-16-30-26(31-17-19)37-11-13-39-14-12-37/h6-7,15-17,25,34H,4-5,8-14H2,1-3H3. The number of ether oxygens (including phenoxy) is 1. The minimum Gasteiger partial charge on any atom is -0.378 e. The minimum atomic E-state index is -0.186. The molecule has 1 unspecified atom stereocenters. The molecule has 0 amide bonds. The van der Waals surface area contributed by atoms with Crippen LogP contribution in [0.3, 0.4) is 0 Å². The molecule has 1 aromatic carbocycles. The summed E-state index contributed by atoms with van der Waals surface area (Å²) in [5.74, 6) is 2.78. The van der Waals surface area contributed by atoms with E-state index in [1.54, 1.807) is 0 Å². The number of morpholine rings is 1. The molecule has 0 bridgehead atoms. The molecule has 1 fully saturated rings. The number of nitrogens with one attached hydrogen (secondary N) is 1. The molecular formula is C28H34ClN9O. The summed E-state index contributed by atoms with van der Waals surface area (Å²) >= 11 is 6.40. The first-order valence-corrected chi connectivity index (χ1v) is 14.0. The van der Waals surface area contributed by atoms with E-state index in [9.17, 15) is 0 Å². The van der Waals surface area contributed by atoms with Gasteiger partial charge >= 0.3 is 0 Å². The number of hydrogen-bond acceptors (Lipinski definition) is 9. The maximum absolute atomic E-state index is 6.40. The van der Waals surface area contributed by atoms with Crippen LogP contribution in [0.25, 0.3) is 10.9 Å². The van der Waals surface area contributed by atoms with Gasteiger partial charge in [-0.1, -0.05) is 24.9 Å². The predicted molar refractivity (Wildman–Crippen MR) is 154 cm³/mol. The van der Waals surface area contributed by atoms with Crippen molar-refractivity contribution in [3.8, 4) is 0 Å². The Balaban J connectivity index is 1.43. The largest absolute Gasteiger partial charge is 0.378 e. The van der Waals surface area contributed by atoms with E-state index in [1.807, 2.05) is 44.6 Å². The van der Waals surface area contributed by atoms with E-state index in [0.29, 0.717) is 30.9 Å². The highest BCUT2D eigenvalue weighted by Crippen LogP contribution is 2.40. The maximum atomic E-state index is 6.40. The van der Waals surface area contributed by atoms with E-state index in [1.165, 1.54) is 5.56 Å². The van der Waals surface area contributed by atoms with Gasteiger partial charge in [-0.25, -0.2) is 9.97 Å². The molecule has 2 aliphatic heterocycles. The third kappa shape index (κ3) is 5.10. The molecule has 10 nitrogen and oxygen atoms in total. The number of H-pyrrole nitrogens is 1. The van der Waals surface area contributed by atoms with Crippen LogP contribution in [-0.2, 0) is 11.2 Å². The molecule has 1 saturated heterocycles. The van der Waals surface area contributed by atoms with E-state index >= 15 is 0 Å². The summed E-state index contributed by atoms with van der Waals surface area (Å²) in [6.45, 7) is 8.72. The molecule has 11 heteroatoms. The molecule has 6 rings (SSSR count). The van der Waals surface area contributed by atoms with Gasteiger partial charge in [0.1, 0.15) is 11.9 Å². The normalized spacial score (nSPS) is 17.5. The zero-order chi connectivity index (χ0) is 26.9. The molecule has 3 aromatic heterocycles. The van der Waals surface area contributed by atoms with Crippen LogP contribution >= 0.6 is 11.6 Å². The lowest BCUT2D eigenvalue weighted by Gasteiger charge is -2.36. The number of aryl methyl sites for hydroxylation is 1. The number of unbranched alkanes of at least 4 members (excludes halogenated alkanes) is 1. The lowest BCUT2D eigenvalue weighted by atomic mass is 9.94. The quantitative estimate of drug-likeness (QED) is 0.362. The van der Waals surface area contributed by atoms with Gasteiger partial charge in [0.25, 0.3) is 0 Å². The Kier molecular flexibility index (Phi) is 7.22. The number of benzene rings is 1. The number of hydrogen-bond donors (Lipinski definition) is 1. The molecule has 1 N–H and O–H groups in total. The zero-order valence-electron chi connectivity index (χ0n) is 22.7. The molecule has 0 aliphatic carbocycles. The fourth-order valence-electron chi connectivity index (χ4n) is 5.47. The van der Waals surface area contributed by atoms with Crippen molar-refractivity contribution in [3.05, 3.63) is 58.3 Å². The highest BCUT2D eigenvalue weighted by molar-refractivity contribution is 6.31. The third-order valence-corrected chi connectivity index (χ3v) is 7.76. The first-order chi connectivity index (χ1) is 19.0. The molecular weight excluding hydrogens is 514 g/mol. The summed E-state index contributed by atoms with van der Waals surface area (Å²) in [5, 5.41) is 1.88. The van der Waals surface area contributed by atoms with Gasteiger partial charge < -0.3 is 24.4 Å². The number of fused-ring (bicyclic) bond motifs is 3. The lowest BCUT2D eigenvalue weighted by Crippen LogP contribution is -2.39. The average molecular weight is 548 g/mol. The Morgan fingerprint density at radius 2 is 1.87 bits per heavy atom. The van der Waals surface area contributed by atoms with Crippen molar-refractivity contribution in [2.75, 3.05) is 61.1 Å². The molecule has 5 heterocycles. The highest BCUT2D eigenvalue weighted by Gasteiger charge is 2.34. The Labute approximate surface area is 233 Å². The summed E-state index contributed by atoms with van der Waals surface area (Å²) in [7, 11) is 2.04. The number of nitrogens with zero attached hydrogens (tertiary/aromatic N) is 8. The van der Waals surface area contributed by atoms with Gasteiger partial charge in [0.05, 0.1) is 13.2 Å². The van der Waals surface area contributed by atoms with E-state index in [0.717, 1.165) is 78.6 Å². The second-order valence-electron chi connectivity index (χ2n) is 10.2. The summed E-state index contributed by atoms with van der Waals surface area (Å²) < 4.78 is 5.50. The van der Waals surface area contributed by atoms with Gasteiger partial charge in [-0.05, 0) is 43.5 Å². The van der Waals surface area contributed by atoms with Gasteiger partial charge in [-0.3, -0.25) is 0 Å². The molecule has 2 aliphatic rings. The number of aromatic nitrogens is 6. The van der Waals surface area contributed by atoms with Crippen LogP contribution < -0.4 is 14.7 Å². The topological polar surface area (TPSA) is 99.2 Å². The van der Waals surface area contributed by atoms with Crippen LogP contribution in [-0.4, -0.2) is 76.3 Å². The molecule has 1 atom stereocenters. The lowest BCUT2D eigenvalue weighted by molar-refractivity contribution is 0.122. The van der Waals surface area contributed by atoms with Crippen LogP contribution in [0.15, 0.2) is 30.6 Å². The molecule has 4 aromatic rings. The van der Waals surface area contributed by atoms with Crippen LogP contribution in [0.1, 0.15) is 48.5 Å². The van der Waals surface area contributed by atoms with E-state index in [2.05, 4.69) is 31.6 Å². The summed E-state index contributed by atoms with van der Waals surface area (Å²) in [4.78, 5) is 34.2. The van der Waals surface area contributed by atoms with Crippen LogP contribution in [0.4, 0.5) is 17.8 Å². The summed E-state index contributed by atoms with van der Waals surface area (Å²) in [6, 6.07) is 5.83. The average Bonchev–Trinajstić information content (AvgIpc) is 3.33. The summed E-state index contributed by atoms with van der Waals surface area (Å²) in [6.07, 6.45) is 6.90. The first-order valence-electron chi connectivity index (χ1n) is 13.7. The van der Waals surface area contributed by atoms with Crippen molar-refractivity contribution in [2.24, 2.45) is 0 Å². The van der Waals surface area contributed by atoms with Crippen LogP contribution in [0, 0.1) is 6.92 Å². The van der Waals surface area contributed by atoms with Gasteiger partial charge in [-0.2, -0.15) is 15.0 Å². The molecule has 204 valence electrons. The van der Waals surface area contributed by atoms with Crippen molar-refractivity contribution < 1.29 is 4.74 Å². The fourth-order valence-corrected chi connectivity index (χ4v) is 5.64. The van der Waals surface area contributed by atoms with Gasteiger partial charge in [0.15, 0.2) is 0 Å². The van der Waals surface area contributed by atoms with Crippen molar-refractivity contribution in [2.45, 2.75) is 39.2 Å². The zero-order valence-corrected chi connectivity index (χ0v) is 23.4. The Morgan fingerprint density at radius 3 is 2.64 bits per heavy atom. The molecule has 0 spiro atoms. The second-order valence-corrected chi connectivity index (χ2v) is 10.7. The fraction of sp³-hybridized carbons (Fsp3) is 0.464. The number of anilines is 3. The van der Waals surface area contributed by atoms with Gasteiger partial charge in [0.2, 0.25) is 17.8 Å². The number of halogens is 1. The number of rotatable bonds is 7. The van der Waals surface area contributed by atoms with Gasteiger partial charge in [-0.15, -0.1) is 0 Å². The monoisotopic (exact) mass is 547 g/mol. The Morgan fingerprint density at radius 1 is 1.08 bits per heavy atom. The number of aromatic amines is 1. The minimum absolute atomic E-state index is 0.186. The predicted octanol–water partition coefficient (Wildman–Crippen LogP) is 4.33. The van der Waals surface area contributed by atoms with Crippen LogP contribution in [0.2, 0.25) is 5.02 Å². The van der Waals surface area contributed by atoms with E-state index in [4.69, 9.17) is 36.3 Å². The smallest absolute Gasteiger partial charge is 0.231 e. The van der Waals surface area contributed by atoms with E-state index < -0.39 is 0 Å². The van der Waals surface area contributed by atoms with Crippen molar-refractivity contribution in [3.63, 3.8) is 0 Å². The Hall–Kier alpha value is -3.50. The Bertz CT molecular complexity index is 1450. The first kappa shape index (κ1) is 25.8. The molecule has 39 heavy (non-hydrogen) atoms. The van der Waals surface area contributed by atoms with Crippen molar-refractivity contribution >= 4 is 40.3 Å². The SMILES string of the molecule is CCCCN(C)c1nc(C)nc(N2CCc3c([nH]c4ccc(Cl)cc34)C2c2cnc(N3CCOCC3)nc2)n1. The van der Waals surface area contributed by atoms with Gasteiger partial charge in [0, 0.05) is 72.8 Å². The highest BCUT2D eigenvalue weighted by atomic mass is 35.5. The maximum Gasteiger partial charge on any atom is 0.231 e.